The Morgan fingerprint density at radius 3 is 2.24 bits per heavy atom. The summed E-state index contributed by atoms with van der Waals surface area (Å²) < 4.78 is 1.51. The Labute approximate surface area is 178 Å². The number of benzene rings is 1. The molecule has 0 amide bonds. The zero-order valence-electron chi connectivity index (χ0n) is 14.3. The van der Waals surface area contributed by atoms with Gasteiger partial charge in [-0.25, -0.2) is 17.1 Å². The molecule has 0 aromatic heterocycles. The summed E-state index contributed by atoms with van der Waals surface area (Å²) in [5.74, 6) is 0. The van der Waals surface area contributed by atoms with Crippen molar-refractivity contribution in [1.29, 1.82) is 0 Å². The van der Waals surface area contributed by atoms with Gasteiger partial charge in [0, 0.05) is 11.1 Å². The third-order valence-electron chi connectivity index (χ3n) is 3.01. The van der Waals surface area contributed by atoms with Gasteiger partial charge in [0.1, 0.15) is 0 Å². The molecule has 0 atom stereocenters. The minimum atomic E-state index is 0. The summed E-state index contributed by atoms with van der Waals surface area (Å²) in [7, 11) is 0. The molecule has 0 fully saturated rings. The second-order valence-electron chi connectivity index (χ2n) is 5.38. The largest absolute Gasteiger partial charge is 1.00 e. The second kappa shape index (κ2) is 13.2. The van der Waals surface area contributed by atoms with E-state index in [1.807, 2.05) is 42.5 Å². The van der Waals surface area contributed by atoms with Crippen molar-refractivity contribution in [2.24, 2.45) is 4.99 Å². The number of hydrogen-bond acceptors (Lipinski definition) is 1. The minimum absolute atomic E-state index is 0. The van der Waals surface area contributed by atoms with E-state index in [4.69, 9.17) is 0 Å². The fourth-order valence-electron chi connectivity index (χ4n) is 2.05. The van der Waals surface area contributed by atoms with Gasteiger partial charge in [0.25, 0.3) is 0 Å². The monoisotopic (exact) mass is 446 g/mol. The van der Waals surface area contributed by atoms with Gasteiger partial charge in [0.2, 0.25) is 0 Å². The van der Waals surface area contributed by atoms with E-state index < -0.39 is 0 Å². The first-order valence-electron chi connectivity index (χ1n) is 7.65. The third-order valence-corrected chi connectivity index (χ3v) is 3.01. The van der Waals surface area contributed by atoms with Crippen molar-refractivity contribution in [2.45, 2.75) is 20.3 Å². The van der Waals surface area contributed by atoms with Gasteiger partial charge in [-0.1, -0.05) is 42.5 Å². The predicted molar refractivity (Wildman–Crippen MR) is 96.2 cm³/mol. The Bertz CT molecular complexity index is 724. The van der Waals surface area contributed by atoms with Gasteiger partial charge in [-0.3, -0.25) is 6.08 Å². The van der Waals surface area contributed by atoms with E-state index in [0.29, 0.717) is 0 Å². The second-order valence-corrected chi connectivity index (χ2v) is 7.83. The topological polar surface area (TPSA) is 12.4 Å². The minimum Gasteiger partial charge on any atom is -1.00 e. The number of allylic oxidation sites excluding steroid dienone is 8. The third kappa shape index (κ3) is 8.72. The van der Waals surface area contributed by atoms with E-state index in [9.17, 15) is 0 Å². The van der Waals surface area contributed by atoms with Crippen molar-refractivity contribution < 1.29 is 49.0 Å². The maximum atomic E-state index is 4.54. The Hall–Kier alpha value is -1.08. The number of hydrogen-bond donors (Lipinski definition) is 0. The molecule has 4 rings (SSSR count). The molecule has 0 saturated carbocycles. The van der Waals surface area contributed by atoms with Crippen LogP contribution in [0, 0.1) is 6.08 Å². The Balaban J connectivity index is 0.000000443. The molecule has 1 nitrogen and oxygen atoms in total. The SMILES string of the molecule is C1=CC2=CC(c3ccccc3)=NC2=C1.C[C](C)=[Zr+2].[C-]1=CC=CC1.[Cl-].[Cl-]. The number of rotatable bonds is 1. The summed E-state index contributed by atoms with van der Waals surface area (Å²) >= 11 is 1.55. The maximum Gasteiger partial charge on any atom is -0.109 e. The number of halogens is 2. The van der Waals surface area contributed by atoms with Crippen LogP contribution >= 0.6 is 0 Å². The van der Waals surface area contributed by atoms with Crippen LogP contribution in [0.2, 0.25) is 0 Å². The molecule has 2 aliphatic carbocycles. The Morgan fingerprint density at radius 2 is 1.76 bits per heavy atom. The van der Waals surface area contributed by atoms with Gasteiger partial charge in [-0.05, 0) is 12.2 Å². The van der Waals surface area contributed by atoms with Crippen LogP contribution in [0.25, 0.3) is 0 Å². The number of nitrogens with zero attached hydrogens (tertiary/aromatic N) is 1. The molecule has 3 aliphatic rings. The molecule has 1 aliphatic heterocycles. The zero-order valence-corrected chi connectivity index (χ0v) is 18.3. The fourth-order valence-corrected chi connectivity index (χ4v) is 2.05. The average Bonchev–Trinajstić information content (AvgIpc) is 3.26. The first-order valence-corrected chi connectivity index (χ1v) is 8.88. The summed E-state index contributed by atoms with van der Waals surface area (Å²) in [6, 6.07) is 10.3. The van der Waals surface area contributed by atoms with E-state index >= 15 is 0 Å². The van der Waals surface area contributed by atoms with Gasteiger partial charge in [-0.2, -0.15) is 6.08 Å². The summed E-state index contributed by atoms with van der Waals surface area (Å²) in [5, 5.41) is 0. The normalized spacial score (nSPS) is 14.5. The zero-order chi connectivity index (χ0) is 16.5. The van der Waals surface area contributed by atoms with Crippen LogP contribution in [0.4, 0.5) is 0 Å². The molecule has 0 bridgehead atoms. The van der Waals surface area contributed by atoms with Crippen LogP contribution < -0.4 is 24.8 Å². The van der Waals surface area contributed by atoms with Gasteiger partial charge >= 0.3 is 41.3 Å². The van der Waals surface area contributed by atoms with Crippen LogP contribution in [0.1, 0.15) is 25.8 Å². The molecule has 25 heavy (non-hydrogen) atoms. The quantitative estimate of drug-likeness (QED) is 0.486. The Kier molecular flexibility index (Phi) is 12.6. The van der Waals surface area contributed by atoms with Gasteiger partial charge in [0.15, 0.2) is 0 Å². The van der Waals surface area contributed by atoms with Crippen LogP contribution in [-0.4, -0.2) is 8.92 Å². The molecule has 1 aromatic carbocycles. The molecule has 0 N–H and O–H groups in total. The van der Waals surface area contributed by atoms with Crippen molar-refractivity contribution in [2.75, 3.05) is 0 Å². The van der Waals surface area contributed by atoms with Crippen LogP contribution in [0.5, 0.6) is 0 Å². The average molecular weight is 449 g/mol. The standard InChI is InChI=1S/C13H9N.C5H5.C3H6.2ClH.Zr/c1-2-5-10(6-3-1)13-9-11-7-4-8-12(11)14-13;1-2-4-5-3-1;1-3-2;;;/h1-9H;1-3H,4H2;1-2H3;2*1H;/q;-1;;;;+2/p-2. The Morgan fingerprint density at radius 1 is 1.08 bits per heavy atom. The molecule has 1 heterocycles. The van der Waals surface area contributed by atoms with E-state index in [1.54, 1.807) is 24.2 Å². The molecule has 0 saturated heterocycles. The van der Waals surface area contributed by atoms with Gasteiger partial charge in [-0.15, -0.1) is 6.42 Å². The molecular weight excluding hydrogens is 428 g/mol. The molecule has 0 spiro atoms. The van der Waals surface area contributed by atoms with E-state index in [2.05, 4.69) is 55.3 Å². The van der Waals surface area contributed by atoms with Crippen molar-refractivity contribution in [3.05, 3.63) is 95.8 Å². The summed E-state index contributed by atoms with van der Waals surface area (Å²) in [6.07, 6.45) is 18.3. The summed E-state index contributed by atoms with van der Waals surface area (Å²) in [4.78, 5) is 4.54. The summed E-state index contributed by atoms with van der Waals surface area (Å²) in [6.45, 7) is 4.25. The number of fused-ring (bicyclic) bond motifs is 1. The van der Waals surface area contributed by atoms with E-state index in [-0.39, 0.29) is 24.8 Å². The van der Waals surface area contributed by atoms with Crippen molar-refractivity contribution >= 4 is 8.92 Å². The summed E-state index contributed by atoms with van der Waals surface area (Å²) in [5.41, 5.74) is 4.56. The van der Waals surface area contributed by atoms with Gasteiger partial charge < -0.3 is 24.8 Å². The first-order chi connectivity index (χ1) is 11.2. The van der Waals surface area contributed by atoms with Crippen molar-refractivity contribution in [1.82, 2.24) is 0 Å². The molecule has 1 aromatic rings. The molecule has 0 unspecified atom stereocenters. The van der Waals surface area contributed by atoms with E-state index in [0.717, 1.165) is 17.8 Å². The van der Waals surface area contributed by atoms with Gasteiger partial charge in [0.05, 0.1) is 11.4 Å². The molecule has 4 heteroatoms. The van der Waals surface area contributed by atoms with Crippen molar-refractivity contribution in [3.63, 3.8) is 0 Å². The van der Waals surface area contributed by atoms with E-state index in [1.165, 1.54) is 14.3 Å². The maximum absolute atomic E-state index is 4.54. The van der Waals surface area contributed by atoms with Crippen LogP contribution in [0.3, 0.4) is 0 Å². The smallest absolute Gasteiger partial charge is 0.109 e. The predicted octanol–water partition coefficient (Wildman–Crippen LogP) is -1.07. The van der Waals surface area contributed by atoms with Crippen LogP contribution in [0.15, 0.2) is 89.1 Å². The first kappa shape index (κ1) is 23.9. The fraction of sp³-hybridized carbons (Fsp3) is 0.143. The molecule has 128 valence electrons. The van der Waals surface area contributed by atoms with Crippen molar-refractivity contribution in [3.8, 4) is 0 Å². The molecular formula is C21H20Cl2NZr-. The number of aliphatic imine (C=N–C) groups is 1. The molecule has 0 radical (unpaired) electrons. The van der Waals surface area contributed by atoms with Crippen LogP contribution in [-0.2, 0) is 24.2 Å².